The van der Waals surface area contributed by atoms with Crippen molar-refractivity contribution in [1.82, 2.24) is 10.2 Å². The minimum Gasteiger partial charge on any atom is -0.277 e. The standard InChI is InChI=1S/C11H11ClN2/c12-8-4-3-7-11-9-5-1-2-6-10(9)13-14-11/h1-3,5-7H,4,8H2,(H,13,14). The third kappa shape index (κ3) is 1.80. The summed E-state index contributed by atoms with van der Waals surface area (Å²) in [4.78, 5) is 0. The van der Waals surface area contributed by atoms with Gasteiger partial charge in [-0.15, -0.1) is 11.6 Å². The van der Waals surface area contributed by atoms with Gasteiger partial charge < -0.3 is 0 Å². The van der Waals surface area contributed by atoms with E-state index in [1.165, 1.54) is 0 Å². The highest BCUT2D eigenvalue weighted by atomic mass is 35.5. The molecule has 0 radical (unpaired) electrons. The molecule has 0 atom stereocenters. The Bertz CT molecular complexity index is 445. The van der Waals surface area contributed by atoms with E-state index in [-0.39, 0.29) is 0 Å². The molecule has 0 bridgehead atoms. The molecule has 0 saturated heterocycles. The molecule has 0 aliphatic heterocycles. The van der Waals surface area contributed by atoms with Crippen LogP contribution in [-0.2, 0) is 0 Å². The van der Waals surface area contributed by atoms with Crippen LogP contribution in [0.25, 0.3) is 17.0 Å². The van der Waals surface area contributed by atoms with Crippen molar-refractivity contribution in [2.75, 3.05) is 5.88 Å². The molecule has 14 heavy (non-hydrogen) atoms. The van der Waals surface area contributed by atoms with Gasteiger partial charge in [-0.05, 0) is 18.6 Å². The molecule has 1 heterocycles. The first kappa shape index (κ1) is 9.28. The molecule has 1 aromatic heterocycles. The van der Waals surface area contributed by atoms with Gasteiger partial charge in [0, 0.05) is 11.3 Å². The van der Waals surface area contributed by atoms with Gasteiger partial charge in [0.25, 0.3) is 0 Å². The molecule has 72 valence electrons. The van der Waals surface area contributed by atoms with Gasteiger partial charge in [-0.3, -0.25) is 5.10 Å². The van der Waals surface area contributed by atoms with Crippen LogP contribution < -0.4 is 0 Å². The van der Waals surface area contributed by atoms with Crippen molar-refractivity contribution in [2.24, 2.45) is 0 Å². The number of hydrogen-bond acceptors (Lipinski definition) is 1. The summed E-state index contributed by atoms with van der Waals surface area (Å²) in [5.41, 5.74) is 2.05. The quantitative estimate of drug-likeness (QED) is 0.768. The van der Waals surface area contributed by atoms with Gasteiger partial charge in [0.05, 0.1) is 11.2 Å². The van der Waals surface area contributed by atoms with E-state index in [1.807, 2.05) is 30.4 Å². The summed E-state index contributed by atoms with van der Waals surface area (Å²) in [5.74, 6) is 0.655. The van der Waals surface area contributed by atoms with E-state index in [0.717, 1.165) is 23.0 Å². The van der Waals surface area contributed by atoms with Crippen molar-refractivity contribution in [3.8, 4) is 0 Å². The van der Waals surface area contributed by atoms with E-state index >= 15 is 0 Å². The molecule has 3 heteroatoms. The molecule has 1 aromatic carbocycles. The Morgan fingerprint density at radius 1 is 1.36 bits per heavy atom. The van der Waals surface area contributed by atoms with E-state index in [4.69, 9.17) is 11.6 Å². The number of allylic oxidation sites excluding steroid dienone is 1. The van der Waals surface area contributed by atoms with Gasteiger partial charge in [-0.2, -0.15) is 5.10 Å². The van der Waals surface area contributed by atoms with Crippen molar-refractivity contribution < 1.29 is 0 Å². The summed E-state index contributed by atoms with van der Waals surface area (Å²) in [5, 5.41) is 8.33. The molecule has 1 N–H and O–H groups in total. The minimum absolute atomic E-state index is 0.655. The minimum atomic E-state index is 0.655. The molecule has 0 amide bonds. The van der Waals surface area contributed by atoms with Crippen molar-refractivity contribution in [3.05, 3.63) is 36.0 Å². The first-order valence-corrected chi connectivity index (χ1v) is 5.11. The van der Waals surface area contributed by atoms with Gasteiger partial charge in [0.15, 0.2) is 0 Å². The van der Waals surface area contributed by atoms with Crippen LogP contribution in [0, 0.1) is 0 Å². The van der Waals surface area contributed by atoms with E-state index < -0.39 is 0 Å². The van der Waals surface area contributed by atoms with E-state index in [1.54, 1.807) is 0 Å². The number of fused-ring (bicyclic) bond motifs is 1. The fourth-order valence-electron chi connectivity index (χ4n) is 1.37. The average molecular weight is 207 g/mol. The van der Waals surface area contributed by atoms with Gasteiger partial charge in [0.2, 0.25) is 0 Å². The molecule has 0 aliphatic carbocycles. The molecule has 2 rings (SSSR count). The van der Waals surface area contributed by atoms with Crippen molar-refractivity contribution in [2.45, 2.75) is 6.42 Å². The fraction of sp³-hybridized carbons (Fsp3) is 0.182. The monoisotopic (exact) mass is 206 g/mol. The number of rotatable bonds is 3. The molecule has 2 aromatic rings. The fourth-order valence-corrected chi connectivity index (χ4v) is 1.50. The zero-order valence-corrected chi connectivity index (χ0v) is 8.46. The topological polar surface area (TPSA) is 28.7 Å². The molecule has 0 unspecified atom stereocenters. The molecule has 0 fully saturated rings. The SMILES string of the molecule is ClCCC=Cc1[nH]nc2ccccc12. The number of halogens is 1. The van der Waals surface area contributed by atoms with Crippen LogP contribution in [0.5, 0.6) is 0 Å². The lowest BCUT2D eigenvalue weighted by Gasteiger charge is -1.88. The van der Waals surface area contributed by atoms with Gasteiger partial charge in [-0.1, -0.05) is 24.3 Å². The first-order valence-electron chi connectivity index (χ1n) is 4.57. The zero-order chi connectivity index (χ0) is 9.80. The maximum absolute atomic E-state index is 5.58. The van der Waals surface area contributed by atoms with Crippen molar-refractivity contribution in [1.29, 1.82) is 0 Å². The third-order valence-electron chi connectivity index (χ3n) is 2.05. The molecule has 0 saturated carbocycles. The van der Waals surface area contributed by atoms with Crippen LogP contribution in [0.3, 0.4) is 0 Å². The molecular formula is C11H11ClN2. The van der Waals surface area contributed by atoms with E-state index in [2.05, 4.69) is 16.3 Å². The van der Waals surface area contributed by atoms with E-state index in [9.17, 15) is 0 Å². The summed E-state index contributed by atoms with van der Waals surface area (Å²) in [7, 11) is 0. The predicted octanol–water partition coefficient (Wildman–Crippen LogP) is 3.21. The van der Waals surface area contributed by atoms with Crippen molar-refractivity contribution in [3.63, 3.8) is 0 Å². The van der Waals surface area contributed by atoms with Crippen LogP contribution in [0.2, 0.25) is 0 Å². The van der Waals surface area contributed by atoms with Crippen LogP contribution in [0.1, 0.15) is 12.1 Å². The highest BCUT2D eigenvalue weighted by molar-refractivity contribution is 6.17. The summed E-state index contributed by atoms with van der Waals surface area (Å²) in [6.45, 7) is 0. The Labute approximate surface area is 87.6 Å². The number of nitrogens with zero attached hydrogens (tertiary/aromatic N) is 1. The number of aromatic nitrogens is 2. The zero-order valence-electron chi connectivity index (χ0n) is 7.70. The molecule has 0 aliphatic rings. The summed E-state index contributed by atoms with van der Waals surface area (Å²) in [6, 6.07) is 8.04. The van der Waals surface area contributed by atoms with Crippen LogP contribution >= 0.6 is 11.6 Å². The lowest BCUT2D eigenvalue weighted by Crippen LogP contribution is -1.73. The van der Waals surface area contributed by atoms with Crippen LogP contribution in [-0.4, -0.2) is 16.1 Å². The second-order valence-electron chi connectivity index (χ2n) is 3.03. The number of aromatic amines is 1. The number of benzene rings is 1. The highest BCUT2D eigenvalue weighted by Crippen LogP contribution is 2.16. The van der Waals surface area contributed by atoms with Gasteiger partial charge in [0.1, 0.15) is 0 Å². The molecular weight excluding hydrogens is 196 g/mol. The Hall–Kier alpha value is -1.28. The molecule has 2 nitrogen and oxygen atoms in total. The van der Waals surface area contributed by atoms with Gasteiger partial charge in [-0.25, -0.2) is 0 Å². The second kappa shape index (κ2) is 4.29. The highest BCUT2D eigenvalue weighted by Gasteiger charge is 1.99. The summed E-state index contributed by atoms with van der Waals surface area (Å²) >= 11 is 5.58. The first-order chi connectivity index (χ1) is 6.92. The Kier molecular flexibility index (Phi) is 2.84. The third-order valence-corrected chi connectivity index (χ3v) is 2.27. The Morgan fingerprint density at radius 2 is 2.21 bits per heavy atom. The number of H-pyrrole nitrogens is 1. The van der Waals surface area contributed by atoms with Gasteiger partial charge >= 0.3 is 0 Å². The van der Waals surface area contributed by atoms with Crippen LogP contribution in [0.4, 0.5) is 0 Å². The van der Waals surface area contributed by atoms with E-state index in [0.29, 0.717) is 5.88 Å². The second-order valence-corrected chi connectivity index (χ2v) is 3.41. The maximum atomic E-state index is 5.58. The summed E-state index contributed by atoms with van der Waals surface area (Å²) in [6.07, 6.45) is 4.96. The van der Waals surface area contributed by atoms with Crippen LogP contribution in [0.15, 0.2) is 30.3 Å². The predicted molar refractivity (Wildman–Crippen MR) is 60.5 cm³/mol. The Morgan fingerprint density at radius 3 is 3.07 bits per heavy atom. The largest absolute Gasteiger partial charge is 0.277 e. The maximum Gasteiger partial charge on any atom is 0.0927 e. The lowest BCUT2D eigenvalue weighted by molar-refractivity contribution is 1.10. The van der Waals surface area contributed by atoms with Crippen molar-refractivity contribution >= 4 is 28.6 Å². The average Bonchev–Trinajstić information content (AvgIpc) is 2.63. The number of hydrogen-bond donors (Lipinski definition) is 1. The number of para-hydroxylation sites is 1. The number of nitrogens with one attached hydrogen (secondary N) is 1. The number of alkyl halides is 1. The lowest BCUT2D eigenvalue weighted by atomic mass is 10.2. The Balaban J connectivity index is 2.34. The smallest absolute Gasteiger partial charge is 0.0927 e. The normalized spacial score (nSPS) is 11.5. The molecule has 0 spiro atoms. The summed E-state index contributed by atoms with van der Waals surface area (Å²) < 4.78 is 0.